The Morgan fingerprint density at radius 3 is 2.85 bits per heavy atom. The normalized spacial score (nSPS) is 35.3. The Labute approximate surface area is 122 Å². The lowest BCUT2D eigenvalue weighted by Gasteiger charge is -2.42. The molecule has 3 unspecified atom stereocenters. The SMILES string of the molecule is CC1CNC(c2ccccc2)CN1CC1(C)CCCO1. The molecule has 2 heterocycles. The Kier molecular flexibility index (Phi) is 4.11. The summed E-state index contributed by atoms with van der Waals surface area (Å²) in [6.45, 7) is 8.69. The third-order valence-corrected chi connectivity index (χ3v) is 4.74. The standard InChI is InChI=1S/C17H26N2O/c1-14-11-18-16(15-7-4-3-5-8-15)12-19(14)13-17(2)9-6-10-20-17/h3-5,7-8,14,16,18H,6,9-13H2,1-2H3. The molecule has 0 saturated carbocycles. The molecule has 3 nitrogen and oxygen atoms in total. The van der Waals surface area contributed by atoms with E-state index in [4.69, 9.17) is 4.74 Å². The van der Waals surface area contributed by atoms with Crippen LogP contribution in [-0.2, 0) is 4.74 Å². The van der Waals surface area contributed by atoms with Crippen LogP contribution in [-0.4, -0.2) is 42.8 Å². The van der Waals surface area contributed by atoms with E-state index in [0.717, 1.165) is 26.2 Å². The fourth-order valence-corrected chi connectivity index (χ4v) is 3.44. The molecular weight excluding hydrogens is 248 g/mol. The Morgan fingerprint density at radius 1 is 1.35 bits per heavy atom. The lowest BCUT2D eigenvalue weighted by molar-refractivity contribution is -0.0256. The van der Waals surface area contributed by atoms with Crippen molar-refractivity contribution in [1.29, 1.82) is 0 Å². The Balaban J connectivity index is 1.67. The summed E-state index contributed by atoms with van der Waals surface area (Å²) in [4.78, 5) is 2.60. The Morgan fingerprint density at radius 2 is 2.15 bits per heavy atom. The number of nitrogens with zero attached hydrogens (tertiary/aromatic N) is 1. The monoisotopic (exact) mass is 274 g/mol. The van der Waals surface area contributed by atoms with Gasteiger partial charge in [-0.05, 0) is 32.3 Å². The molecule has 0 aliphatic carbocycles. The van der Waals surface area contributed by atoms with Crippen LogP contribution >= 0.6 is 0 Å². The highest BCUT2D eigenvalue weighted by Gasteiger charge is 2.35. The van der Waals surface area contributed by atoms with Crippen molar-refractivity contribution in [3.63, 3.8) is 0 Å². The van der Waals surface area contributed by atoms with Crippen LogP contribution in [0, 0.1) is 0 Å². The van der Waals surface area contributed by atoms with Gasteiger partial charge in [0.1, 0.15) is 0 Å². The van der Waals surface area contributed by atoms with E-state index in [1.807, 2.05) is 0 Å². The summed E-state index contributed by atoms with van der Waals surface area (Å²) in [5.41, 5.74) is 1.45. The van der Waals surface area contributed by atoms with Gasteiger partial charge in [-0.2, -0.15) is 0 Å². The number of rotatable bonds is 3. The second-order valence-corrected chi connectivity index (χ2v) is 6.55. The van der Waals surface area contributed by atoms with Crippen molar-refractivity contribution in [2.75, 3.05) is 26.2 Å². The van der Waals surface area contributed by atoms with Gasteiger partial charge in [-0.25, -0.2) is 0 Å². The largest absolute Gasteiger partial charge is 0.374 e. The van der Waals surface area contributed by atoms with Crippen LogP contribution in [0.1, 0.15) is 38.3 Å². The molecule has 0 radical (unpaired) electrons. The van der Waals surface area contributed by atoms with E-state index in [0.29, 0.717) is 12.1 Å². The quantitative estimate of drug-likeness (QED) is 0.917. The minimum Gasteiger partial charge on any atom is -0.374 e. The molecule has 3 heteroatoms. The van der Waals surface area contributed by atoms with E-state index in [1.165, 1.54) is 18.4 Å². The van der Waals surface area contributed by atoms with Crippen LogP contribution in [0.15, 0.2) is 30.3 Å². The van der Waals surface area contributed by atoms with Crippen LogP contribution < -0.4 is 5.32 Å². The zero-order chi connectivity index (χ0) is 14.0. The van der Waals surface area contributed by atoms with Crippen molar-refractivity contribution in [2.45, 2.75) is 44.4 Å². The summed E-state index contributed by atoms with van der Waals surface area (Å²) in [6, 6.07) is 11.8. The van der Waals surface area contributed by atoms with Crippen molar-refractivity contribution in [1.82, 2.24) is 10.2 Å². The van der Waals surface area contributed by atoms with Crippen LogP contribution in [0.5, 0.6) is 0 Å². The summed E-state index contributed by atoms with van der Waals surface area (Å²) >= 11 is 0. The van der Waals surface area contributed by atoms with Crippen molar-refractivity contribution in [2.24, 2.45) is 0 Å². The highest BCUT2D eigenvalue weighted by atomic mass is 16.5. The highest BCUT2D eigenvalue weighted by molar-refractivity contribution is 5.20. The van der Waals surface area contributed by atoms with E-state index >= 15 is 0 Å². The van der Waals surface area contributed by atoms with E-state index in [1.54, 1.807) is 0 Å². The molecule has 1 N–H and O–H groups in total. The number of nitrogens with one attached hydrogen (secondary N) is 1. The molecule has 2 fully saturated rings. The molecule has 0 bridgehead atoms. The van der Waals surface area contributed by atoms with E-state index in [9.17, 15) is 0 Å². The lowest BCUT2D eigenvalue weighted by Crippen LogP contribution is -2.55. The maximum atomic E-state index is 5.97. The first-order chi connectivity index (χ1) is 9.66. The van der Waals surface area contributed by atoms with Crippen LogP contribution in [0.4, 0.5) is 0 Å². The molecule has 1 aromatic carbocycles. The summed E-state index contributed by atoms with van der Waals surface area (Å²) in [6.07, 6.45) is 2.40. The summed E-state index contributed by atoms with van der Waals surface area (Å²) in [7, 11) is 0. The van der Waals surface area contributed by atoms with Gasteiger partial charge in [0.2, 0.25) is 0 Å². The minimum absolute atomic E-state index is 0.0623. The van der Waals surface area contributed by atoms with Crippen LogP contribution in [0.3, 0.4) is 0 Å². The summed E-state index contributed by atoms with van der Waals surface area (Å²) < 4.78 is 5.97. The highest BCUT2D eigenvalue weighted by Crippen LogP contribution is 2.29. The van der Waals surface area contributed by atoms with E-state index in [-0.39, 0.29) is 5.60 Å². The molecule has 2 aliphatic rings. The maximum absolute atomic E-state index is 5.97. The van der Waals surface area contributed by atoms with Gasteiger partial charge in [0.15, 0.2) is 0 Å². The second-order valence-electron chi connectivity index (χ2n) is 6.55. The topological polar surface area (TPSA) is 24.5 Å². The number of hydrogen-bond acceptors (Lipinski definition) is 3. The molecule has 2 saturated heterocycles. The average Bonchev–Trinajstić information content (AvgIpc) is 2.89. The molecule has 110 valence electrons. The van der Waals surface area contributed by atoms with Crippen molar-refractivity contribution >= 4 is 0 Å². The smallest absolute Gasteiger partial charge is 0.0781 e. The Hall–Kier alpha value is -0.900. The van der Waals surface area contributed by atoms with Crippen molar-refractivity contribution < 1.29 is 4.74 Å². The van der Waals surface area contributed by atoms with Gasteiger partial charge >= 0.3 is 0 Å². The molecule has 0 amide bonds. The fraction of sp³-hybridized carbons (Fsp3) is 0.647. The molecule has 3 atom stereocenters. The van der Waals surface area contributed by atoms with E-state index < -0.39 is 0 Å². The first-order valence-corrected chi connectivity index (χ1v) is 7.83. The predicted octanol–water partition coefficient (Wildman–Crippen LogP) is 2.59. The number of piperazine rings is 1. The summed E-state index contributed by atoms with van der Waals surface area (Å²) in [5.74, 6) is 0. The third kappa shape index (κ3) is 3.05. The molecular formula is C17H26N2O. The zero-order valence-corrected chi connectivity index (χ0v) is 12.6. The second kappa shape index (κ2) is 5.84. The zero-order valence-electron chi connectivity index (χ0n) is 12.6. The van der Waals surface area contributed by atoms with Crippen molar-refractivity contribution in [3.05, 3.63) is 35.9 Å². The van der Waals surface area contributed by atoms with Gasteiger partial charge < -0.3 is 10.1 Å². The summed E-state index contributed by atoms with van der Waals surface area (Å²) in [5, 5.41) is 3.67. The first kappa shape index (κ1) is 14.1. The lowest BCUT2D eigenvalue weighted by atomic mass is 9.97. The van der Waals surface area contributed by atoms with Gasteiger partial charge in [-0.1, -0.05) is 30.3 Å². The van der Waals surface area contributed by atoms with Gasteiger partial charge in [-0.15, -0.1) is 0 Å². The average molecular weight is 274 g/mol. The van der Waals surface area contributed by atoms with Gasteiger partial charge in [0, 0.05) is 38.3 Å². The number of benzene rings is 1. The fourth-order valence-electron chi connectivity index (χ4n) is 3.44. The first-order valence-electron chi connectivity index (χ1n) is 7.83. The van der Waals surface area contributed by atoms with Gasteiger partial charge in [0.05, 0.1) is 5.60 Å². The molecule has 0 spiro atoms. The van der Waals surface area contributed by atoms with Gasteiger partial charge in [-0.3, -0.25) is 4.90 Å². The third-order valence-electron chi connectivity index (χ3n) is 4.74. The molecule has 2 aliphatic heterocycles. The van der Waals surface area contributed by atoms with E-state index in [2.05, 4.69) is 54.4 Å². The molecule has 0 aromatic heterocycles. The minimum atomic E-state index is 0.0623. The Bertz CT molecular complexity index is 428. The van der Waals surface area contributed by atoms with Crippen LogP contribution in [0.2, 0.25) is 0 Å². The predicted molar refractivity (Wildman–Crippen MR) is 81.8 cm³/mol. The van der Waals surface area contributed by atoms with Gasteiger partial charge in [0.25, 0.3) is 0 Å². The molecule has 20 heavy (non-hydrogen) atoms. The maximum Gasteiger partial charge on any atom is 0.0781 e. The van der Waals surface area contributed by atoms with Crippen LogP contribution in [0.25, 0.3) is 0 Å². The molecule has 1 aromatic rings. The van der Waals surface area contributed by atoms with Crippen molar-refractivity contribution in [3.8, 4) is 0 Å². The number of hydrogen-bond donors (Lipinski definition) is 1. The number of ether oxygens (including phenoxy) is 1. The molecule has 3 rings (SSSR count).